The third kappa shape index (κ3) is 4.12. The number of aromatic nitrogens is 3. The summed E-state index contributed by atoms with van der Waals surface area (Å²) in [5.74, 6) is 0.0977. The number of piperazine rings is 1. The second-order valence-electron chi connectivity index (χ2n) is 8.62. The fraction of sp³-hybridized carbons (Fsp3) is 0.522. The number of pyridine rings is 1. The van der Waals surface area contributed by atoms with Crippen LogP contribution in [0.3, 0.4) is 0 Å². The first-order valence-corrected chi connectivity index (χ1v) is 12.1. The van der Waals surface area contributed by atoms with Gasteiger partial charge < -0.3 is 9.80 Å². The predicted octanol–water partition coefficient (Wildman–Crippen LogP) is 2.86. The van der Waals surface area contributed by atoms with E-state index in [4.69, 9.17) is 4.98 Å². The largest absolute Gasteiger partial charge is 0.336 e. The van der Waals surface area contributed by atoms with Gasteiger partial charge in [0.15, 0.2) is 5.65 Å². The summed E-state index contributed by atoms with van der Waals surface area (Å²) in [4.78, 5) is 26.6. The summed E-state index contributed by atoms with van der Waals surface area (Å²) in [6, 6.07) is 6.03. The Morgan fingerprint density at radius 2 is 1.77 bits per heavy atom. The van der Waals surface area contributed by atoms with E-state index in [-0.39, 0.29) is 5.91 Å². The molecule has 5 rings (SSSR count). The maximum absolute atomic E-state index is 13.6. The van der Waals surface area contributed by atoms with E-state index in [0.717, 1.165) is 72.1 Å². The highest BCUT2D eigenvalue weighted by Crippen LogP contribution is 2.30. The predicted molar refractivity (Wildman–Crippen MR) is 125 cm³/mol. The number of hydrogen-bond donors (Lipinski definition) is 0. The topological polar surface area (TPSA) is 57.5 Å². The lowest BCUT2D eigenvalue weighted by Crippen LogP contribution is -2.50. The van der Waals surface area contributed by atoms with Crippen LogP contribution in [0.25, 0.3) is 21.6 Å². The Labute approximate surface area is 187 Å². The van der Waals surface area contributed by atoms with E-state index in [9.17, 15) is 4.79 Å². The van der Waals surface area contributed by atoms with Gasteiger partial charge >= 0.3 is 0 Å². The molecule has 0 saturated carbocycles. The lowest BCUT2D eigenvalue weighted by Gasteiger charge is -2.35. The van der Waals surface area contributed by atoms with Crippen LogP contribution in [0.15, 0.2) is 23.6 Å². The minimum absolute atomic E-state index is 0.0977. The van der Waals surface area contributed by atoms with Gasteiger partial charge in [0.25, 0.3) is 5.91 Å². The summed E-state index contributed by atoms with van der Waals surface area (Å²) in [6.45, 7) is 10.1. The lowest BCUT2D eigenvalue weighted by atomic mass is 10.1. The molecule has 3 aromatic rings. The smallest absolute Gasteiger partial charge is 0.254 e. The minimum Gasteiger partial charge on any atom is -0.336 e. The SMILES string of the molecule is Cc1nn(C)c2nc(-c3cccs3)cc(C(=O)N3CCN(CCN4CCCC4)CC3)c12. The molecule has 0 atom stereocenters. The number of fused-ring (bicyclic) bond motifs is 1. The van der Waals surface area contributed by atoms with E-state index in [1.165, 1.54) is 25.9 Å². The molecule has 2 saturated heterocycles. The van der Waals surface area contributed by atoms with Gasteiger partial charge in [-0.3, -0.25) is 14.4 Å². The van der Waals surface area contributed by atoms with Crippen LogP contribution < -0.4 is 0 Å². The van der Waals surface area contributed by atoms with Gasteiger partial charge in [0.2, 0.25) is 0 Å². The van der Waals surface area contributed by atoms with Crippen LogP contribution in [0.5, 0.6) is 0 Å². The van der Waals surface area contributed by atoms with Crippen LogP contribution in [0.2, 0.25) is 0 Å². The molecule has 0 unspecified atom stereocenters. The Morgan fingerprint density at radius 3 is 2.45 bits per heavy atom. The first kappa shape index (κ1) is 20.6. The molecule has 0 bridgehead atoms. The van der Waals surface area contributed by atoms with Crippen molar-refractivity contribution in [3.63, 3.8) is 0 Å². The summed E-state index contributed by atoms with van der Waals surface area (Å²) in [6.07, 6.45) is 2.67. The van der Waals surface area contributed by atoms with Gasteiger partial charge in [-0.05, 0) is 50.4 Å². The second kappa shape index (κ2) is 8.68. The van der Waals surface area contributed by atoms with Gasteiger partial charge in [0, 0.05) is 46.3 Å². The number of aryl methyl sites for hydroxylation is 2. The van der Waals surface area contributed by atoms with Crippen molar-refractivity contribution in [1.82, 2.24) is 29.5 Å². The van der Waals surface area contributed by atoms with Crippen molar-refractivity contribution in [2.45, 2.75) is 19.8 Å². The summed E-state index contributed by atoms with van der Waals surface area (Å²) in [7, 11) is 1.90. The quantitative estimate of drug-likeness (QED) is 0.613. The standard InChI is InChI=1S/C23H30N6OS/c1-17-21-18(16-19(20-6-5-15-31-20)24-22(21)26(2)25-17)23(30)29-13-11-28(12-14-29)10-9-27-7-3-4-8-27/h5-6,15-16H,3-4,7-14H2,1-2H3. The van der Waals surface area contributed by atoms with Crippen LogP contribution in [-0.2, 0) is 7.05 Å². The summed E-state index contributed by atoms with van der Waals surface area (Å²) in [5.41, 5.74) is 3.20. The van der Waals surface area contributed by atoms with Gasteiger partial charge in [-0.1, -0.05) is 6.07 Å². The van der Waals surface area contributed by atoms with E-state index in [2.05, 4.69) is 21.0 Å². The molecular formula is C23H30N6OS. The molecule has 5 heterocycles. The molecule has 1 amide bonds. The number of carbonyl (C=O) groups is 1. The van der Waals surface area contributed by atoms with Crippen LogP contribution in [0, 0.1) is 6.92 Å². The van der Waals surface area contributed by atoms with Gasteiger partial charge in [-0.15, -0.1) is 11.3 Å². The molecule has 0 spiro atoms. The van der Waals surface area contributed by atoms with E-state index < -0.39 is 0 Å². The highest BCUT2D eigenvalue weighted by molar-refractivity contribution is 7.13. The van der Waals surface area contributed by atoms with Crippen molar-refractivity contribution in [2.75, 3.05) is 52.4 Å². The molecule has 2 aliphatic heterocycles. The van der Waals surface area contributed by atoms with Gasteiger partial charge in [0.1, 0.15) is 0 Å². The maximum Gasteiger partial charge on any atom is 0.254 e. The molecule has 0 aliphatic carbocycles. The zero-order chi connectivity index (χ0) is 21.4. The van der Waals surface area contributed by atoms with E-state index >= 15 is 0 Å². The molecule has 0 N–H and O–H groups in total. The van der Waals surface area contributed by atoms with Crippen molar-refractivity contribution < 1.29 is 4.79 Å². The van der Waals surface area contributed by atoms with Crippen LogP contribution in [0.1, 0.15) is 28.9 Å². The van der Waals surface area contributed by atoms with Crippen LogP contribution in [0.4, 0.5) is 0 Å². The molecule has 31 heavy (non-hydrogen) atoms. The molecule has 0 radical (unpaired) electrons. The van der Waals surface area contributed by atoms with Crippen LogP contribution >= 0.6 is 11.3 Å². The fourth-order valence-corrected chi connectivity index (χ4v) is 5.48. The molecule has 8 heteroatoms. The zero-order valence-electron chi connectivity index (χ0n) is 18.4. The monoisotopic (exact) mass is 438 g/mol. The normalized spacial score (nSPS) is 18.3. The third-order valence-corrected chi connectivity index (χ3v) is 7.46. The fourth-order valence-electron chi connectivity index (χ4n) is 4.80. The summed E-state index contributed by atoms with van der Waals surface area (Å²) < 4.78 is 1.79. The Kier molecular flexibility index (Phi) is 5.77. The molecule has 164 valence electrons. The van der Waals surface area contributed by atoms with Gasteiger partial charge in [0.05, 0.1) is 27.2 Å². The number of nitrogens with zero attached hydrogens (tertiary/aromatic N) is 6. The molecule has 0 aromatic carbocycles. The average molecular weight is 439 g/mol. The van der Waals surface area contributed by atoms with Crippen LogP contribution in [-0.4, -0.2) is 87.7 Å². The van der Waals surface area contributed by atoms with Crippen molar-refractivity contribution in [2.24, 2.45) is 7.05 Å². The van der Waals surface area contributed by atoms with Crippen molar-refractivity contribution in [1.29, 1.82) is 0 Å². The summed E-state index contributed by atoms with van der Waals surface area (Å²) in [5, 5.41) is 7.47. The molecule has 7 nitrogen and oxygen atoms in total. The minimum atomic E-state index is 0.0977. The Bertz CT molecular complexity index is 1060. The molecular weight excluding hydrogens is 408 g/mol. The number of amides is 1. The highest BCUT2D eigenvalue weighted by Gasteiger charge is 2.26. The summed E-state index contributed by atoms with van der Waals surface area (Å²) >= 11 is 1.64. The first-order valence-electron chi connectivity index (χ1n) is 11.2. The van der Waals surface area contributed by atoms with Gasteiger partial charge in [-0.25, -0.2) is 4.98 Å². The second-order valence-corrected chi connectivity index (χ2v) is 9.57. The number of carbonyl (C=O) groups excluding carboxylic acids is 1. The highest BCUT2D eigenvalue weighted by atomic mass is 32.1. The van der Waals surface area contributed by atoms with Crippen molar-refractivity contribution in [3.8, 4) is 10.6 Å². The number of rotatable bonds is 5. The molecule has 2 fully saturated rings. The molecule has 2 aliphatic rings. The third-order valence-electron chi connectivity index (χ3n) is 6.56. The molecule has 3 aromatic heterocycles. The van der Waals surface area contributed by atoms with E-state index in [1.54, 1.807) is 16.0 Å². The maximum atomic E-state index is 13.6. The Hall–Kier alpha value is -2.29. The van der Waals surface area contributed by atoms with E-state index in [0.29, 0.717) is 0 Å². The lowest BCUT2D eigenvalue weighted by molar-refractivity contribution is 0.0628. The Balaban J connectivity index is 1.35. The van der Waals surface area contributed by atoms with Crippen molar-refractivity contribution >= 4 is 28.3 Å². The number of thiophene rings is 1. The Morgan fingerprint density at radius 1 is 1.06 bits per heavy atom. The van der Waals surface area contributed by atoms with Gasteiger partial charge in [-0.2, -0.15) is 5.10 Å². The van der Waals surface area contributed by atoms with E-state index in [1.807, 2.05) is 36.4 Å². The van der Waals surface area contributed by atoms with Crippen molar-refractivity contribution in [3.05, 3.63) is 34.8 Å². The average Bonchev–Trinajstić information content (AvgIpc) is 3.55. The zero-order valence-corrected chi connectivity index (χ0v) is 19.2. The first-order chi connectivity index (χ1) is 15.1. The number of hydrogen-bond acceptors (Lipinski definition) is 6. The number of likely N-dealkylation sites (tertiary alicyclic amines) is 1.